The summed E-state index contributed by atoms with van der Waals surface area (Å²) in [6.45, 7) is 1.59. The van der Waals surface area contributed by atoms with Gasteiger partial charge in [-0.25, -0.2) is 12.8 Å². The van der Waals surface area contributed by atoms with Gasteiger partial charge in [0.1, 0.15) is 10.7 Å². The molecule has 3 nitrogen and oxygen atoms in total. The van der Waals surface area contributed by atoms with Crippen LogP contribution < -0.4 is 4.72 Å². The van der Waals surface area contributed by atoms with Crippen molar-refractivity contribution in [2.24, 2.45) is 0 Å². The first-order valence-electron chi connectivity index (χ1n) is 6.49. The Hall–Kier alpha value is -1.58. The highest BCUT2D eigenvalue weighted by Crippen LogP contribution is 2.27. The Bertz CT molecular complexity index is 885. The van der Waals surface area contributed by atoms with Gasteiger partial charge in [0.2, 0.25) is 10.0 Å². The number of sulfonamides is 1. The summed E-state index contributed by atoms with van der Waals surface area (Å²) < 4.78 is 39.5. The normalized spacial score (nSPS) is 11.0. The summed E-state index contributed by atoms with van der Waals surface area (Å²) in [5, 5.41) is 0.435. The fourth-order valence-electron chi connectivity index (χ4n) is 1.73. The quantitative estimate of drug-likeness (QED) is 0.834. The van der Waals surface area contributed by atoms with Crippen molar-refractivity contribution in [3.63, 3.8) is 0 Å². The molecule has 0 atom stereocenters. The van der Waals surface area contributed by atoms with Crippen molar-refractivity contribution >= 4 is 33.2 Å². The molecule has 0 aliphatic carbocycles. The minimum atomic E-state index is -3.79. The minimum absolute atomic E-state index is 0.0413. The number of hydrogen-bond acceptors (Lipinski definition) is 2. The zero-order chi connectivity index (χ0) is 17.0. The monoisotopic (exact) mass is 371 g/mol. The van der Waals surface area contributed by atoms with Gasteiger partial charge >= 0.3 is 0 Å². The standard InChI is InChI=1S/C16H12Cl2FNO2S/c1-11-9-16(15(18)10-14(11)17)23(21,22)20-8-2-3-12-4-6-13(19)7-5-12/h4-7,9-10,20H,8H2,1H3. The van der Waals surface area contributed by atoms with E-state index in [9.17, 15) is 12.8 Å². The van der Waals surface area contributed by atoms with Gasteiger partial charge in [0.25, 0.3) is 0 Å². The number of benzene rings is 2. The van der Waals surface area contributed by atoms with E-state index in [0.717, 1.165) is 0 Å². The summed E-state index contributed by atoms with van der Waals surface area (Å²) in [6, 6.07) is 8.37. The predicted molar refractivity (Wildman–Crippen MR) is 89.7 cm³/mol. The Kier molecular flexibility index (Phi) is 5.66. The lowest BCUT2D eigenvalue weighted by molar-refractivity contribution is 0.586. The van der Waals surface area contributed by atoms with Crippen LogP contribution in [0.15, 0.2) is 41.3 Å². The molecule has 0 heterocycles. The zero-order valence-electron chi connectivity index (χ0n) is 12.0. The molecular formula is C16H12Cl2FNO2S. The van der Waals surface area contributed by atoms with Crippen molar-refractivity contribution < 1.29 is 12.8 Å². The molecule has 0 amide bonds. The van der Waals surface area contributed by atoms with Crippen molar-refractivity contribution in [1.29, 1.82) is 0 Å². The fraction of sp³-hybridized carbons (Fsp3) is 0.125. The second kappa shape index (κ2) is 7.33. The molecule has 2 rings (SSSR count). The first-order chi connectivity index (χ1) is 10.8. The van der Waals surface area contributed by atoms with Crippen molar-refractivity contribution in [1.82, 2.24) is 4.72 Å². The molecule has 2 aromatic rings. The molecule has 0 bridgehead atoms. The third-order valence-electron chi connectivity index (χ3n) is 2.93. The highest BCUT2D eigenvalue weighted by Gasteiger charge is 2.18. The van der Waals surface area contributed by atoms with Gasteiger partial charge in [-0.2, -0.15) is 4.72 Å². The van der Waals surface area contributed by atoms with E-state index in [2.05, 4.69) is 16.6 Å². The summed E-state index contributed by atoms with van der Waals surface area (Å²) in [4.78, 5) is -0.0513. The maximum atomic E-state index is 12.8. The molecule has 0 spiro atoms. The predicted octanol–water partition coefficient (Wildman–Crippen LogP) is 3.77. The molecule has 120 valence electrons. The molecule has 0 aliphatic heterocycles. The van der Waals surface area contributed by atoms with Gasteiger partial charge in [-0.15, -0.1) is 0 Å². The van der Waals surface area contributed by atoms with E-state index in [4.69, 9.17) is 23.2 Å². The number of aryl methyl sites for hydroxylation is 1. The molecule has 23 heavy (non-hydrogen) atoms. The van der Waals surface area contributed by atoms with Crippen molar-refractivity contribution in [2.45, 2.75) is 11.8 Å². The van der Waals surface area contributed by atoms with Gasteiger partial charge in [-0.05, 0) is 48.9 Å². The van der Waals surface area contributed by atoms with Crippen LogP contribution in [0.3, 0.4) is 0 Å². The van der Waals surface area contributed by atoms with Gasteiger partial charge < -0.3 is 0 Å². The molecule has 0 aromatic heterocycles. The Balaban J connectivity index is 2.11. The fourth-order valence-corrected chi connectivity index (χ4v) is 3.48. The first-order valence-corrected chi connectivity index (χ1v) is 8.73. The number of hydrogen-bond donors (Lipinski definition) is 1. The van der Waals surface area contributed by atoms with Crippen LogP contribution in [0.25, 0.3) is 0 Å². The first kappa shape index (κ1) is 17.8. The number of halogens is 3. The molecule has 0 saturated carbocycles. The maximum Gasteiger partial charge on any atom is 0.242 e. The van der Waals surface area contributed by atoms with Gasteiger partial charge in [-0.3, -0.25) is 0 Å². The van der Waals surface area contributed by atoms with Crippen LogP contribution in [0, 0.1) is 24.6 Å². The van der Waals surface area contributed by atoms with Crippen LogP contribution in [-0.2, 0) is 10.0 Å². The minimum Gasteiger partial charge on any atom is -0.207 e. The van der Waals surface area contributed by atoms with Gasteiger partial charge in [0.05, 0.1) is 11.6 Å². The summed E-state index contributed by atoms with van der Waals surface area (Å²) in [5.41, 5.74) is 1.19. The van der Waals surface area contributed by atoms with Crippen molar-refractivity contribution in [3.8, 4) is 11.8 Å². The van der Waals surface area contributed by atoms with E-state index < -0.39 is 10.0 Å². The van der Waals surface area contributed by atoms with Crippen LogP contribution in [0.5, 0.6) is 0 Å². The summed E-state index contributed by atoms with van der Waals surface area (Å²) in [5.74, 6) is 5.04. The Morgan fingerprint density at radius 1 is 1.13 bits per heavy atom. The largest absolute Gasteiger partial charge is 0.242 e. The van der Waals surface area contributed by atoms with Crippen LogP contribution >= 0.6 is 23.2 Å². The molecular weight excluding hydrogens is 360 g/mol. The van der Waals surface area contributed by atoms with E-state index in [-0.39, 0.29) is 22.3 Å². The average molecular weight is 372 g/mol. The van der Waals surface area contributed by atoms with Crippen molar-refractivity contribution in [2.75, 3.05) is 6.54 Å². The van der Waals surface area contributed by atoms with E-state index in [1.807, 2.05) is 0 Å². The molecule has 2 aromatic carbocycles. The lowest BCUT2D eigenvalue weighted by Crippen LogP contribution is -2.24. The van der Waals surface area contributed by atoms with E-state index in [1.54, 1.807) is 6.92 Å². The van der Waals surface area contributed by atoms with Gasteiger partial charge in [0.15, 0.2) is 0 Å². The molecule has 0 saturated heterocycles. The average Bonchev–Trinajstić information content (AvgIpc) is 2.49. The maximum absolute atomic E-state index is 12.8. The van der Waals surface area contributed by atoms with Crippen LogP contribution in [0.4, 0.5) is 4.39 Å². The Morgan fingerprint density at radius 3 is 2.43 bits per heavy atom. The Morgan fingerprint density at radius 2 is 1.78 bits per heavy atom. The third-order valence-corrected chi connectivity index (χ3v) is 5.20. The SMILES string of the molecule is Cc1cc(S(=O)(=O)NCC#Cc2ccc(F)cc2)c(Cl)cc1Cl. The molecule has 0 aliphatic rings. The van der Waals surface area contributed by atoms with Gasteiger partial charge in [0, 0.05) is 10.6 Å². The van der Waals surface area contributed by atoms with Crippen LogP contribution in [0.1, 0.15) is 11.1 Å². The van der Waals surface area contributed by atoms with Crippen molar-refractivity contribution in [3.05, 3.63) is 63.4 Å². The molecule has 0 radical (unpaired) electrons. The van der Waals surface area contributed by atoms with Crippen LogP contribution in [0.2, 0.25) is 10.0 Å². The molecule has 7 heteroatoms. The third kappa shape index (κ3) is 4.69. The highest BCUT2D eigenvalue weighted by atomic mass is 35.5. The lowest BCUT2D eigenvalue weighted by atomic mass is 10.2. The Labute approximate surface area is 144 Å². The lowest BCUT2D eigenvalue weighted by Gasteiger charge is -2.08. The summed E-state index contributed by atoms with van der Waals surface area (Å²) in [6.07, 6.45) is 0. The van der Waals surface area contributed by atoms with Gasteiger partial charge in [-0.1, -0.05) is 35.0 Å². The second-order valence-electron chi connectivity index (χ2n) is 4.67. The zero-order valence-corrected chi connectivity index (χ0v) is 14.4. The highest BCUT2D eigenvalue weighted by molar-refractivity contribution is 7.89. The molecule has 0 unspecified atom stereocenters. The summed E-state index contributed by atoms with van der Waals surface area (Å²) >= 11 is 11.8. The topological polar surface area (TPSA) is 46.2 Å². The van der Waals surface area contributed by atoms with E-state index in [1.165, 1.54) is 36.4 Å². The number of nitrogens with one attached hydrogen (secondary N) is 1. The number of rotatable bonds is 3. The van der Waals surface area contributed by atoms with E-state index in [0.29, 0.717) is 16.1 Å². The van der Waals surface area contributed by atoms with Crippen LogP contribution in [-0.4, -0.2) is 15.0 Å². The molecule has 1 N–H and O–H groups in total. The smallest absolute Gasteiger partial charge is 0.207 e. The van der Waals surface area contributed by atoms with E-state index >= 15 is 0 Å². The molecule has 0 fully saturated rings. The second-order valence-corrected chi connectivity index (χ2v) is 7.21. The summed E-state index contributed by atoms with van der Waals surface area (Å²) in [7, 11) is -3.79.